The molecule has 2 rings (SSSR count). The smallest absolute Gasteiger partial charge is 0.242 e. The Balaban J connectivity index is 2.03. The summed E-state index contributed by atoms with van der Waals surface area (Å²) in [5, 5.41) is 12.4. The maximum atomic E-state index is 12.1. The first-order chi connectivity index (χ1) is 9.69. The molecule has 0 aliphatic heterocycles. The molecule has 0 saturated carbocycles. The van der Waals surface area contributed by atoms with Crippen molar-refractivity contribution < 1.29 is 4.79 Å². The fourth-order valence-corrected chi connectivity index (χ4v) is 1.84. The van der Waals surface area contributed by atoms with Gasteiger partial charge in [0.25, 0.3) is 0 Å². The van der Waals surface area contributed by atoms with Crippen molar-refractivity contribution in [1.29, 1.82) is 5.26 Å². The van der Waals surface area contributed by atoms with Crippen LogP contribution in [-0.4, -0.2) is 10.9 Å². The maximum Gasteiger partial charge on any atom is 0.242 e. The largest absolute Gasteiger partial charge is 0.325 e. The molecule has 1 unspecified atom stereocenters. The van der Waals surface area contributed by atoms with Crippen LogP contribution in [0.15, 0.2) is 48.8 Å². The van der Waals surface area contributed by atoms with Gasteiger partial charge >= 0.3 is 0 Å². The molecule has 0 fully saturated rings. The number of rotatable bonds is 4. The highest BCUT2D eigenvalue weighted by atomic mass is 35.5. The number of hydrogen-bond donors (Lipinski definition) is 1. The second-order valence-electron chi connectivity index (χ2n) is 4.24. The predicted octanol–water partition coefficient (Wildman–Crippen LogP) is 3.06. The zero-order chi connectivity index (χ0) is 14.4. The average Bonchev–Trinajstić information content (AvgIpc) is 2.48. The predicted molar refractivity (Wildman–Crippen MR) is 77.1 cm³/mol. The Morgan fingerprint density at radius 3 is 2.50 bits per heavy atom. The Hall–Kier alpha value is -2.38. The zero-order valence-electron chi connectivity index (χ0n) is 10.6. The SMILES string of the molecule is N#CC(Cc1ccncc1)C(=O)Nc1ccc(Cl)cc1. The number of nitriles is 1. The molecule has 0 saturated heterocycles. The summed E-state index contributed by atoms with van der Waals surface area (Å²) in [6.45, 7) is 0. The van der Waals surface area contributed by atoms with Gasteiger partial charge in [0.2, 0.25) is 5.91 Å². The molecule has 0 aliphatic carbocycles. The van der Waals surface area contributed by atoms with E-state index in [1.807, 2.05) is 6.07 Å². The van der Waals surface area contributed by atoms with Crippen LogP contribution in [0.25, 0.3) is 0 Å². The van der Waals surface area contributed by atoms with Crippen LogP contribution in [0.3, 0.4) is 0 Å². The normalized spacial score (nSPS) is 11.4. The van der Waals surface area contributed by atoms with Gasteiger partial charge in [-0.2, -0.15) is 5.26 Å². The van der Waals surface area contributed by atoms with Gasteiger partial charge in [0, 0.05) is 23.1 Å². The van der Waals surface area contributed by atoms with Gasteiger partial charge in [-0.25, -0.2) is 0 Å². The van der Waals surface area contributed by atoms with Crippen molar-refractivity contribution in [1.82, 2.24) is 4.98 Å². The molecular weight excluding hydrogens is 274 g/mol. The number of carbonyl (C=O) groups is 1. The van der Waals surface area contributed by atoms with Crippen LogP contribution in [0.4, 0.5) is 5.69 Å². The van der Waals surface area contributed by atoms with Crippen LogP contribution in [0.1, 0.15) is 5.56 Å². The van der Waals surface area contributed by atoms with Crippen molar-refractivity contribution in [3.05, 3.63) is 59.4 Å². The first kappa shape index (κ1) is 14.0. The van der Waals surface area contributed by atoms with Gasteiger partial charge in [-0.05, 0) is 48.4 Å². The van der Waals surface area contributed by atoms with Gasteiger partial charge in [-0.3, -0.25) is 9.78 Å². The van der Waals surface area contributed by atoms with Crippen LogP contribution in [0.2, 0.25) is 5.02 Å². The molecule has 0 bridgehead atoms. The number of carbonyl (C=O) groups excluding carboxylic acids is 1. The van der Waals surface area contributed by atoms with E-state index in [2.05, 4.69) is 10.3 Å². The van der Waals surface area contributed by atoms with E-state index in [9.17, 15) is 4.79 Å². The third kappa shape index (κ3) is 3.81. The minimum Gasteiger partial charge on any atom is -0.325 e. The molecular formula is C15H12ClN3O. The summed E-state index contributed by atoms with van der Waals surface area (Å²) in [5.74, 6) is -1.07. The standard InChI is InChI=1S/C15H12ClN3O/c16-13-1-3-14(4-2-13)19-15(20)12(10-17)9-11-5-7-18-8-6-11/h1-8,12H,9H2,(H,19,20). The first-order valence-corrected chi connectivity index (χ1v) is 6.42. The number of halogens is 1. The Morgan fingerprint density at radius 1 is 1.25 bits per heavy atom. The van der Waals surface area contributed by atoms with Crippen LogP contribution in [0, 0.1) is 17.2 Å². The lowest BCUT2D eigenvalue weighted by molar-refractivity contribution is -0.118. The number of amides is 1. The fourth-order valence-electron chi connectivity index (χ4n) is 1.71. The highest BCUT2D eigenvalue weighted by Gasteiger charge is 2.18. The summed E-state index contributed by atoms with van der Waals surface area (Å²) in [5.41, 5.74) is 1.52. The molecule has 1 aromatic carbocycles. The minimum absolute atomic E-state index is 0.327. The molecule has 100 valence electrons. The molecule has 4 nitrogen and oxygen atoms in total. The lowest BCUT2D eigenvalue weighted by atomic mass is 10.0. The molecule has 1 aromatic heterocycles. The second kappa shape index (κ2) is 6.69. The molecule has 1 N–H and O–H groups in total. The summed E-state index contributed by atoms with van der Waals surface area (Å²) >= 11 is 5.77. The van der Waals surface area contributed by atoms with E-state index in [0.717, 1.165) is 5.56 Å². The number of anilines is 1. The van der Waals surface area contributed by atoms with Crippen molar-refractivity contribution in [3.63, 3.8) is 0 Å². The summed E-state index contributed by atoms with van der Waals surface area (Å²) in [6, 6.07) is 12.4. The molecule has 1 heterocycles. The van der Waals surface area contributed by atoms with Crippen LogP contribution >= 0.6 is 11.6 Å². The molecule has 0 aliphatic rings. The molecule has 2 aromatic rings. The van der Waals surface area contributed by atoms with Crippen molar-refractivity contribution in [2.75, 3.05) is 5.32 Å². The third-order valence-corrected chi connectivity index (χ3v) is 3.03. The number of pyridine rings is 1. The summed E-state index contributed by atoms with van der Waals surface area (Å²) < 4.78 is 0. The Labute approximate surface area is 122 Å². The monoisotopic (exact) mass is 285 g/mol. The third-order valence-electron chi connectivity index (χ3n) is 2.77. The van der Waals surface area contributed by atoms with E-state index in [-0.39, 0.29) is 5.91 Å². The maximum absolute atomic E-state index is 12.1. The van der Waals surface area contributed by atoms with Crippen LogP contribution in [-0.2, 0) is 11.2 Å². The number of nitrogens with zero attached hydrogens (tertiary/aromatic N) is 2. The lowest BCUT2D eigenvalue weighted by Gasteiger charge is -2.10. The van der Waals surface area contributed by atoms with Crippen molar-refractivity contribution in [2.45, 2.75) is 6.42 Å². The van der Waals surface area contributed by atoms with Crippen molar-refractivity contribution in [3.8, 4) is 6.07 Å². The van der Waals surface area contributed by atoms with E-state index >= 15 is 0 Å². The molecule has 0 spiro atoms. The average molecular weight is 286 g/mol. The Kier molecular flexibility index (Phi) is 4.70. The quantitative estimate of drug-likeness (QED) is 0.939. The number of benzene rings is 1. The van der Waals surface area contributed by atoms with Crippen molar-refractivity contribution >= 4 is 23.2 Å². The molecule has 20 heavy (non-hydrogen) atoms. The zero-order valence-corrected chi connectivity index (χ0v) is 11.3. The minimum atomic E-state index is -0.743. The van der Waals surface area contributed by atoms with Gasteiger partial charge in [0.1, 0.15) is 5.92 Å². The fraction of sp³-hybridized carbons (Fsp3) is 0.133. The highest BCUT2D eigenvalue weighted by Crippen LogP contribution is 2.15. The van der Waals surface area contributed by atoms with Gasteiger partial charge in [0.15, 0.2) is 0 Å². The number of aromatic nitrogens is 1. The Morgan fingerprint density at radius 2 is 1.90 bits per heavy atom. The van der Waals surface area contributed by atoms with Gasteiger partial charge < -0.3 is 5.32 Å². The summed E-state index contributed by atoms with van der Waals surface area (Å²) in [7, 11) is 0. The van der Waals surface area contributed by atoms with E-state index in [1.54, 1.807) is 48.8 Å². The van der Waals surface area contributed by atoms with E-state index in [4.69, 9.17) is 16.9 Å². The van der Waals surface area contributed by atoms with Gasteiger partial charge in [-0.1, -0.05) is 11.6 Å². The second-order valence-corrected chi connectivity index (χ2v) is 4.67. The number of hydrogen-bond acceptors (Lipinski definition) is 3. The van der Waals surface area contributed by atoms with E-state index in [0.29, 0.717) is 17.1 Å². The molecule has 5 heteroatoms. The van der Waals surface area contributed by atoms with E-state index < -0.39 is 5.92 Å². The van der Waals surface area contributed by atoms with Gasteiger partial charge in [0.05, 0.1) is 6.07 Å². The van der Waals surface area contributed by atoms with Crippen LogP contribution < -0.4 is 5.32 Å². The van der Waals surface area contributed by atoms with E-state index in [1.165, 1.54) is 0 Å². The van der Waals surface area contributed by atoms with Gasteiger partial charge in [-0.15, -0.1) is 0 Å². The topological polar surface area (TPSA) is 65.8 Å². The van der Waals surface area contributed by atoms with Crippen molar-refractivity contribution in [2.24, 2.45) is 5.92 Å². The van der Waals surface area contributed by atoms with Crippen LogP contribution in [0.5, 0.6) is 0 Å². The number of nitrogens with one attached hydrogen (secondary N) is 1. The summed E-state index contributed by atoms with van der Waals surface area (Å²) in [6.07, 6.45) is 3.64. The molecule has 1 atom stereocenters. The molecule has 0 radical (unpaired) electrons. The first-order valence-electron chi connectivity index (χ1n) is 6.04. The Bertz CT molecular complexity index is 620. The lowest BCUT2D eigenvalue weighted by Crippen LogP contribution is -2.23. The highest BCUT2D eigenvalue weighted by molar-refractivity contribution is 6.30. The summed E-state index contributed by atoms with van der Waals surface area (Å²) in [4.78, 5) is 16.0. The molecule has 1 amide bonds.